The predicted octanol–water partition coefficient (Wildman–Crippen LogP) is -0.747. The summed E-state index contributed by atoms with van der Waals surface area (Å²) < 4.78 is 0. The summed E-state index contributed by atoms with van der Waals surface area (Å²) in [6.45, 7) is 2.17. The molecule has 0 N–H and O–H groups in total. The van der Waals surface area contributed by atoms with Crippen molar-refractivity contribution in [3.05, 3.63) is 0 Å². The van der Waals surface area contributed by atoms with Crippen molar-refractivity contribution >= 4 is 23.1 Å². The molecule has 0 atom stereocenters. The molecule has 0 unspecified atom stereocenters. The third-order valence-electron chi connectivity index (χ3n) is 3.00. The van der Waals surface area contributed by atoms with Crippen LogP contribution in [0.25, 0.3) is 0 Å². The summed E-state index contributed by atoms with van der Waals surface area (Å²) >= 11 is 0. The summed E-state index contributed by atoms with van der Waals surface area (Å²) in [5.74, 6) is 0. The first-order valence-corrected chi connectivity index (χ1v) is 5.47. The van der Waals surface area contributed by atoms with Crippen molar-refractivity contribution in [2.75, 3.05) is 0 Å². The molecule has 1 rings (SSSR count). The van der Waals surface area contributed by atoms with Crippen molar-refractivity contribution < 1.29 is 17.5 Å². The number of halogens is 1. The van der Waals surface area contributed by atoms with Gasteiger partial charge in [-0.15, -0.1) is 5.60 Å². The van der Waals surface area contributed by atoms with E-state index in [1.807, 2.05) is 0 Å². The van der Waals surface area contributed by atoms with Crippen molar-refractivity contribution in [2.45, 2.75) is 70.3 Å². The van der Waals surface area contributed by atoms with E-state index in [4.69, 9.17) is 0 Å². The zero-order chi connectivity index (χ0) is 8.86. The van der Waals surface area contributed by atoms with Gasteiger partial charge in [0.05, 0.1) is 0 Å². The second-order valence-electron chi connectivity index (χ2n) is 4.20. The molecule has 0 spiro atoms. The van der Waals surface area contributed by atoms with Crippen LogP contribution in [0.2, 0.25) is 0 Å². The average Bonchev–Trinajstić information content (AvgIpc) is 2.27. The summed E-state index contributed by atoms with van der Waals surface area (Å²) in [5, 5.41) is 12.1. The predicted molar refractivity (Wildman–Crippen MR) is 55.7 cm³/mol. The molecule has 0 aliphatic heterocycles. The topological polar surface area (TPSA) is 23.1 Å². The monoisotopic (exact) mass is 228 g/mol. The second kappa shape index (κ2) is 9.26. The van der Waals surface area contributed by atoms with Gasteiger partial charge < -0.3 is 17.5 Å². The van der Waals surface area contributed by atoms with E-state index in [1.165, 1.54) is 32.1 Å². The fraction of sp³-hybridized carbons (Fsp3) is 1.00. The SMILES string of the molecule is CCCCC1([O-])CCCCCC1.[Cl-].[Mg+2]. The average molecular weight is 229 g/mol. The minimum absolute atomic E-state index is 0. The molecule has 0 aromatic heterocycles. The Morgan fingerprint density at radius 2 is 1.57 bits per heavy atom. The molecule has 3 heteroatoms. The van der Waals surface area contributed by atoms with Gasteiger partial charge in [-0.25, -0.2) is 0 Å². The van der Waals surface area contributed by atoms with Gasteiger partial charge in [-0.05, 0) is 0 Å². The maximum Gasteiger partial charge on any atom is 2.00 e. The van der Waals surface area contributed by atoms with Crippen LogP contribution >= 0.6 is 0 Å². The minimum Gasteiger partial charge on any atom is -1.00 e. The molecule has 0 bridgehead atoms. The fourth-order valence-corrected chi connectivity index (χ4v) is 2.12. The van der Waals surface area contributed by atoms with Crippen LogP contribution < -0.4 is 17.5 Å². The van der Waals surface area contributed by atoms with Crippen molar-refractivity contribution in [3.63, 3.8) is 0 Å². The summed E-state index contributed by atoms with van der Waals surface area (Å²) in [7, 11) is 0. The van der Waals surface area contributed by atoms with E-state index < -0.39 is 5.60 Å². The van der Waals surface area contributed by atoms with Gasteiger partial charge in [0.15, 0.2) is 0 Å². The number of unbranched alkanes of at least 4 members (excludes halogenated alkanes) is 1. The largest absolute Gasteiger partial charge is 2.00 e. The summed E-state index contributed by atoms with van der Waals surface area (Å²) in [5.41, 5.74) is -0.535. The standard InChI is InChI=1S/C11H21O.ClH.Mg/c1-2-3-8-11(12)9-6-4-5-7-10-11;;/h2-10H2,1H3;1H;/q-1;;+2/p-1. The first kappa shape index (κ1) is 17.4. The van der Waals surface area contributed by atoms with Crippen molar-refractivity contribution in [1.82, 2.24) is 0 Å². The molecule has 1 aliphatic rings. The quantitative estimate of drug-likeness (QED) is 0.461. The van der Waals surface area contributed by atoms with E-state index in [-0.39, 0.29) is 35.5 Å². The Labute approximate surface area is 111 Å². The maximum absolute atomic E-state index is 12.1. The maximum atomic E-state index is 12.1. The van der Waals surface area contributed by atoms with Gasteiger partial charge in [0.1, 0.15) is 0 Å². The third kappa shape index (κ3) is 6.49. The van der Waals surface area contributed by atoms with Crippen LogP contribution in [0.3, 0.4) is 0 Å². The Morgan fingerprint density at radius 3 is 2.00 bits per heavy atom. The van der Waals surface area contributed by atoms with Crippen LogP contribution in [0.1, 0.15) is 64.7 Å². The first-order valence-electron chi connectivity index (χ1n) is 5.47. The molecule has 80 valence electrons. The Bertz CT molecular complexity index is 122. The zero-order valence-corrected chi connectivity index (χ0v) is 11.5. The van der Waals surface area contributed by atoms with E-state index in [2.05, 4.69) is 6.92 Å². The van der Waals surface area contributed by atoms with Gasteiger partial charge in [0, 0.05) is 0 Å². The molecule has 0 radical (unpaired) electrons. The van der Waals surface area contributed by atoms with Crippen LogP contribution in [0.15, 0.2) is 0 Å². The molecule has 0 saturated heterocycles. The van der Waals surface area contributed by atoms with E-state index in [9.17, 15) is 5.11 Å². The molecule has 1 aliphatic carbocycles. The van der Waals surface area contributed by atoms with Crippen LogP contribution in [-0.2, 0) is 0 Å². The molecular formula is C11H21ClMgO. The van der Waals surface area contributed by atoms with Gasteiger partial charge >= 0.3 is 23.1 Å². The molecule has 0 aromatic carbocycles. The summed E-state index contributed by atoms with van der Waals surface area (Å²) in [4.78, 5) is 0. The molecule has 0 amide bonds. The van der Waals surface area contributed by atoms with Crippen LogP contribution in [0.4, 0.5) is 0 Å². The number of hydrogen-bond donors (Lipinski definition) is 0. The molecule has 0 heterocycles. The summed E-state index contributed by atoms with van der Waals surface area (Å²) in [6, 6.07) is 0. The molecule has 1 saturated carbocycles. The molecule has 0 aromatic rings. The Hall–Kier alpha value is 1.02. The molecule has 14 heavy (non-hydrogen) atoms. The summed E-state index contributed by atoms with van der Waals surface area (Å²) in [6.07, 6.45) is 10.0. The van der Waals surface area contributed by atoms with E-state index >= 15 is 0 Å². The molecular weight excluding hydrogens is 208 g/mol. The van der Waals surface area contributed by atoms with Crippen molar-refractivity contribution in [2.24, 2.45) is 0 Å². The first-order chi connectivity index (χ1) is 5.77. The van der Waals surface area contributed by atoms with E-state index in [1.54, 1.807) is 0 Å². The third-order valence-corrected chi connectivity index (χ3v) is 3.00. The Kier molecular flexibility index (Phi) is 11.5. The van der Waals surface area contributed by atoms with Crippen molar-refractivity contribution in [3.8, 4) is 0 Å². The van der Waals surface area contributed by atoms with E-state index in [0.29, 0.717) is 0 Å². The van der Waals surface area contributed by atoms with Crippen LogP contribution in [-0.4, -0.2) is 28.7 Å². The molecule has 1 fully saturated rings. The van der Waals surface area contributed by atoms with E-state index in [0.717, 1.165) is 25.7 Å². The van der Waals surface area contributed by atoms with Gasteiger partial charge in [-0.1, -0.05) is 64.7 Å². The second-order valence-corrected chi connectivity index (χ2v) is 4.20. The van der Waals surface area contributed by atoms with Gasteiger partial charge in [0.25, 0.3) is 0 Å². The normalized spacial score (nSPS) is 20.1. The van der Waals surface area contributed by atoms with Gasteiger partial charge in [-0.2, -0.15) is 0 Å². The Morgan fingerprint density at radius 1 is 1.07 bits per heavy atom. The zero-order valence-electron chi connectivity index (χ0n) is 9.36. The molecule has 1 nitrogen and oxygen atoms in total. The number of rotatable bonds is 3. The van der Waals surface area contributed by atoms with Gasteiger partial charge in [0.2, 0.25) is 0 Å². The Balaban J connectivity index is 0. The fourth-order valence-electron chi connectivity index (χ4n) is 2.12. The number of hydrogen-bond acceptors (Lipinski definition) is 1. The van der Waals surface area contributed by atoms with Crippen LogP contribution in [0.5, 0.6) is 0 Å². The van der Waals surface area contributed by atoms with Crippen LogP contribution in [0, 0.1) is 0 Å². The van der Waals surface area contributed by atoms with Gasteiger partial charge in [-0.3, -0.25) is 0 Å². The smallest absolute Gasteiger partial charge is 1.00 e. The van der Waals surface area contributed by atoms with Crippen molar-refractivity contribution in [1.29, 1.82) is 0 Å². The minimum atomic E-state index is -0.535.